The summed E-state index contributed by atoms with van der Waals surface area (Å²) in [7, 11) is -2.65. The van der Waals surface area contributed by atoms with Crippen molar-refractivity contribution in [3.8, 4) is 0 Å². The quantitative estimate of drug-likeness (QED) is 0.427. The van der Waals surface area contributed by atoms with Gasteiger partial charge >= 0.3 is 10.3 Å². The first kappa shape index (κ1) is 12.3. The van der Waals surface area contributed by atoms with Crippen molar-refractivity contribution in [3.63, 3.8) is 0 Å². The molecule has 0 aromatic heterocycles. The second kappa shape index (κ2) is 5.12. The lowest BCUT2D eigenvalue weighted by molar-refractivity contribution is -0.210. The highest BCUT2D eigenvalue weighted by atomic mass is 32.2. The number of nitrogens with one attached hydrogen (secondary N) is 1. The zero-order chi connectivity index (χ0) is 10.5. The molecule has 0 fully saturated rings. The average Bonchev–Trinajstić information content (AvgIpc) is 2.00. The largest absolute Gasteiger partial charge is 0.359 e. The fourth-order valence-electron chi connectivity index (χ4n) is 0.519. The van der Waals surface area contributed by atoms with Gasteiger partial charge in [0.05, 0.1) is 12.5 Å². The molecule has 1 amide bonds. The Kier molecular flexibility index (Phi) is 4.85. The first-order chi connectivity index (χ1) is 5.87. The van der Waals surface area contributed by atoms with Gasteiger partial charge in [0.2, 0.25) is 5.91 Å². The van der Waals surface area contributed by atoms with Crippen LogP contribution in [0.5, 0.6) is 0 Å². The first-order valence-electron chi connectivity index (χ1n) is 3.42. The van der Waals surface area contributed by atoms with Crippen LogP contribution in [0.15, 0.2) is 0 Å². The Morgan fingerprint density at radius 1 is 1.62 bits per heavy atom. The summed E-state index contributed by atoms with van der Waals surface area (Å²) < 4.78 is 24.1. The maximum atomic E-state index is 10.8. The lowest BCUT2D eigenvalue weighted by Crippen LogP contribution is -2.29. The van der Waals surface area contributed by atoms with E-state index in [1.165, 1.54) is 7.05 Å². The van der Waals surface area contributed by atoms with Gasteiger partial charge in [0.1, 0.15) is 0 Å². The molecule has 0 spiro atoms. The highest BCUT2D eigenvalue weighted by molar-refractivity contribution is 7.84. The molecule has 0 aromatic carbocycles. The number of hydrogen-bond donors (Lipinski definition) is 2. The summed E-state index contributed by atoms with van der Waals surface area (Å²) in [6, 6.07) is 0. The third-order valence-corrected chi connectivity index (χ3v) is 1.44. The molecule has 1 atom stereocenters. The molecule has 0 aliphatic carbocycles. The van der Waals surface area contributed by atoms with Crippen LogP contribution >= 0.6 is 0 Å². The molecule has 0 saturated carbocycles. The Bertz CT molecular complexity index is 262. The van der Waals surface area contributed by atoms with Gasteiger partial charge in [0.15, 0.2) is 0 Å². The number of amides is 1. The van der Waals surface area contributed by atoms with Gasteiger partial charge in [-0.2, -0.15) is 8.42 Å². The third kappa shape index (κ3) is 6.46. The molecular formula is C5H12N2O5S. The van der Waals surface area contributed by atoms with E-state index in [1.54, 1.807) is 6.92 Å². The Morgan fingerprint density at radius 3 is 2.54 bits per heavy atom. The Morgan fingerprint density at radius 2 is 2.15 bits per heavy atom. The second-order valence-electron chi connectivity index (χ2n) is 2.36. The molecule has 0 rings (SSSR count). The SMILES string of the molecule is CNC(=O)C(C)COOS(N)(=O)=O. The summed E-state index contributed by atoms with van der Waals surface area (Å²) in [4.78, 5) is 15.0. The standard InChI is InChI=1S/C5H12N2O5S/c1-4(5(8)7-2)3-11-12-13(6,9)10/h4H,3H2,1-2H3,(H,7,8)(H2,6,9,10). The highest BCUT2D eigenvalue weighted by Crippen LogP contribution is 1.96. The second-order valence-corrected chi connectivity index (χ2v) is 3.48. The molecule has 0 heterocycles. The van der Waals surface area contributed by atoms with E-state index >= 15 is 0 Å². The summed E-state index contributed by atoms with van der Waals surface area (Å²) >= 11 is 0. The van der Waals surface area contributed by atoms with Crippen molar-refractivity contribution in [2.45, 2.75) is 6.92 Å². The number of hydrogen-bond acceptors (Lipinski definition) is 5. The Labute approximate surface area is 76.4 Å². The maximum Gasteiger partial charge on any atom is 0.359 e. The summed E-state index contributed by atoms with van der Waals surface area (Å²) in [5.74, 6) is -0.787. The molecule has 0 aliphatic heterocycles. The fraction of sp³-hybridized carbons (Fsp3) is 0.800. The van der Waals surface area contributed by atoms with E-state index in [4.69, 9.17) is 0 Å². The van der Waals surface area contributed by atoms with Crippen molar-refractivity contribution in [2.75, 3.05) is 13.7 Å². The number of carbonyl (C=O) groups excluding carboxylic acids is 1. The van der Waals surface area contributed by atoms with Crippen LogP contribution in [-0.4, -0.2) is 28.0 Å². The van der Waals surface area contributed by atoms with Gasteiger partial charge in [-0.3, -0.25) is 4.79 Å². The fourth-order valence-corrected chi connectivity index (χ4v) is 0.709. The van der Waals surface area contributed by atoms with Gasteiger partial charge in [-0.25, -0.2) is 10.0 Å². The van der Waals surface area contributed by atoms with Crippen LogP contribution in [0.1, 0.15) is 6.92 Å². The predicted octanol–water partition coefficient (Wildman–Crippen LogP) is -1.48. The maximum absolute atomic E-state index is 10.8. The summed E-state index contributed by atoms with van der Waals surface area (Å²) in [6.07, 6.45) is 0. The van der Waals surface area contributed by atoms with Crippen molar-refractivity contribution in [1.29, 1.82) is 0 Å². The Hall–Kier alpha value is -0.700. The van der Waals surface area contributed by atoms with Crippen molar-refractivity contribution in [2.24, 2.45) is 11.1 Å². The van der Waals surface area contributed by atoms with E-state index in [-0.39, 0.29) is 12.5 Å². The van der Waals surface area contributed by atoms with Crippen LogP contribution in [0.3, 0.4) is 0 Å². The zero-order valence-corrected chi connectivity index (χ0v) is 8.13. The molecule has 8 heteroatoms. The third-order valence-electron chi connectivity index (χ3n) is 1.15. The van der Waals surface area contributed by atoms with Gasteiger partial charge < -0.3 is 5.32 Å². The van der Waals surface area contributed by atoms with Crippen molar-refractivity contribution in [1.82, 2.24) is 5.32 Å². The van der Waals surface area contributed by atoms with Gasteiger partial charge in [-0.05, 0) is 0 Å². The van der Waals surface area contributed by atoms with E-state index in [9.17, 15) is 13.2 Å². The monoisotopic (exact) mass is 212 g/mol. The van der Waals surface area contributed by atoms with Gasteiger partial charge in [-0.15, -0.1) is 0 Å². The first-order valence-corrected chi connectivity index (χ1v) is 4.89. The molecule has 0 saturated heterocycles. The number of carbonyl (C=O) groups is 1. The van der Waals surface area contributed by atoms with Gasteiger partial charge in [-0.1, -0.05) is 11.3 Å². The van der Waals surface area contributed by atoms with Crippen LogP contribution in [0.4, 0.5) is 0 Å². The lowest BCUT2D eigenvalue weighted by atomic mass is 10.2. The van der Waals surface area contributed by atoms with Crippen LogP contribution in [0.2, 0.25) is 0 Å². The predicted molar refractivity (Wildman–Crippen MR) is 43.4 cm³/mol. The van der Waals surface area contributed by atoms with Gasteiger partial charge in [0.25, 0.3) is 0 Å². The molecule has 7 nitrogen and oxygen atoms in total. The molecule has 13 heavy (non-hydrogen) atoms. The van der Waals surface area contributed by atoms with Gasteiger partial charge in [0, 0.05) is 7.05 Å². The van der Waals surface area contributed by atoms with Crippen molar-refractivity contribution >= 4 is 16.2 Å². The van der Waals surface area contributed by atoms with Crippen LogP contribution in [0, 0.1) is 5.92 Å². The number of nitrogens with two attached hydrogens (primary N) is 1. The molecule has 1 unspecified atom stereocenters. The minimum absolute atomic E-state index is 0.184. The van der Waals surface area contributed by atoms with Crippen LogP contribution in [-0.2, 0) is 24.3 Å². The van der Waals surface area contributed by atoms with E-state index in [1.807, 2.05) is 0 Å². The van der Waals surface area contributed by atoms with Crippen LogP contribution < -0.4 is 10.5 Å². The summed E-state index contributed by atoms with van der Waals surface area (Å²) in [6.45, 7) is 1.36. The summed E-state index contributed by atoms with van der Waals surface area (Å²) in [5, 5.41) is 6.81. The minimum atomic E-state index is -4.11. The number of rotatable bonds is 5. The summed E-state index contributed by atoms with van der Waals surface area (Å²) in [5.41, 5.74) is 0. The average molecular weight is 212 g/mol. The molecular weight excluding hydrogens is 200 g/mol. The zero-order valence-electron chi connectivity index (χ0n) is 7.31. The topological polar surface area (TPSA) is 108 Å². The molecule has 3 N–H and O–H groups in total. The Balaban J connectivity index is 3.72. The minimum Gasteiger partial charge on any atom is -0.359 e. The van der Waals surface area contributed by atoms with Crippen LogP contribution in [0.25, 0.3) is 0 Å². The molecule has 0 aliphatic rings. The molecule has 78 valence electrons. The van der Waals surface area contributed by atoms with E-state index in [2.05, 4.69) is 19.7 Å². The molecule has 0 radical (unpaired) electrons. The lowest BCUT2D eigenvalue weighted by Gasteiger charge is -2.07. The molecule has 0 bridgehead atoms. The normalized spacial score (nSPS) is 13.8. The van der Waals surface area contributed by atoms with E-state index < -0.39 is 16.2 Å². The van der Waals surface area contributed by atoms with E-state index in [0.717, 1.165) is 0 Å². The van der Waals surface area contributed by atoms with Crippen molar-refractivity contribution < 1.29 is 22.4 Å². The van der Waals surface area contributed by atoms with E-state index in [0.29, 0.717) is 0 Å². The smallest absolute Gasteiger partial charge is 0.359 e. The highest BCUT2D eigenvalue weighted by Gasteiger charge is 2.13. The van der Waals surface area contributed by atoms with Crippen molar-refractivity contribution in [3.05, 3.63) is 0 Å². The molecule has 0 aromatic rings.